The number of ether oxygens (including phenoxy) is 1. The SMILES string of the molecule is CNCC1CCC(CN2CCC3CCCCC3C2)O1. The highest BCUT2D eigenvalue weighted by atomic mass is 16.5. The lowest BCUT2D eigenvalue weighted by molar-refractivity contribution is 0.00346. The first kappa shape index (κ1) is 13.8. The Bertz CT molecular complexity index is 284. The molecule has 0 aromatic carbocycles. The number of likely N-dealkylation sites (tertiary alicyclic amines) is 1. The molecule has 3 fully saturated rings. The molecule has 0 aromatic rings. The van der Waals surface area contributed by atoms with E-state index < -0.39 is 0 Å². The van der Waals surface area contributed by atoms with Crippen LogP contribution in [0.4, 0.5) is 0 Å². The predicted molar refractivity (Wildman–Crippen MR) is 78.3 cm³/mol. The Hall–Kier alpha value is -0.120. The lowest BCUT2D eigenvalue weighted by Crippen LogP contribution is -2.44. The maximum Gasteiger partial charge on any atom is 0.0707 e. The molecule has 2 saturated heterocycles. The molecule has 2 heterocycles. The zero-order chi connectivity index (χ0) is 13.1. The van der Waals surface area contributed by atoms with Crippen LogP contribution in [-0.2, 0) is 4.74 Å². The third-order valence-corrected chi connectivity index (χ3v) is 5.46. The summed E-state index contributed by atoms with van der Waals surface area (Å²) < 4.78 is 6.14. The summed E-state index contributed by atoms with van der Waals surface area (Å²) in [6.45, 7) is 4.86. The Kier molecular flexibility index (Phi) is 4.78. The molecule has 2 aliphatic heterocycles. The molecule has 0 spiro atoms. The van der Waals surface area contributed by atoms with Crippen molar-refractivity contribution in [3.8, 4) is 0 Å². The van der Waals surface area contributed by atoms with Crippen molar-refractivity contribution in [3.05, 3.63) is 0 Å². The number of piperidine rings is 1. The van der Waals surface area contributed by atoms with Crippen LogP contribution in [-0.4, -0.2) is 50.3 Å². The van der Waals surface area contributed by atoms with Gasteiger partial charge in [-0.15, -0.1) is 0 Å². The first-order chi connectivity index (χ1) is 9.35. The third-order valence-electron chi connectivity index (χ3n) is 5.46. The topological polar surface area (TPSA) is 24.5 Å². The van der Waals surface area contributed by atoms with Crippen LogP contribution in [0.1, 0.15) is 44.9 Å². The van der Waals surface area contributed by atoms with Gasteiger partial charge in [-0.1, -0.05) is 19.3 Å². The summed E-state index contributed by atoms with van der Waals surface area (Å²) in [6.07, 6.45) is 10.8. The molecule has 1 saturated carbocycles. The minimum Gasteiger partial charge on any atom is -0.372 e. The second-order valence-corrected chi connectivity index (χ2v) is 6.87. The second-order valence-electron chi connectivity index (χ2n) is 6.87. The fraction of sp³-hybridized carbons (Fsp3) is 1.00. The van der Waals surface area contributed by atoms with Crippen LogP contribution < -0.4 is 5.32 Å². The minimum absolute atomic E-state index is 0.460. The zero-order valence-corrected chi connectivity index (χ0v) is 12.4. The van der Waals surface area contributed by atoms with Crippen molar-refractivity contribution in [1.29, 1.82) is 0 Å². The summed E-state index contributed by atoms with van der Waals surface area (Å²) >= 11 is 0. The Morgan fingerprint density at radius 3 is 2.63 bits per heavy atom. The number of likely N-dealkylation sites (N-methyl/N-ethyl adjacent to an activating group) is 1. The smallest absolute Gasteiger partial charge is 0.0707 e. The van der Waals surface area contributed by atoms with E-state index in [4.69, 9.17) is 4.74 Å². The van der Waals surface area contributed by atoms with Crippen molar-refractivity contribution in [2.45, 2.75) is 57.2 Å². The van der Waals surface area contributed by atoms with Crippen LogP contribution in [0.2, 0.25) is 0 Å². The highest BCUT2D eigenvalue weighted by Crippen LogP contribution is 2.36. The molecule has 3 heteroatoms. The van der Waals surface area contributed by atoms with Crippen LogP contribution in [0.3, 0.4) is 0 Å². The standard InChI is InChI=1S/C16H30N2O/c1-17-10-15-6-7-16(19-15)12-18-9-8-13-4-2-3-5-14(13)11-18/h13-17H,2-12H2,1H3. The fourth-order valence-corrected chi connectivity index (χ4v) is 4.42. The van der Waals surface area contributed by atoms with Gasteiger partial charge in [0.25, 0.3) is 0 Å². The van der Waals surface area contributed by atoms with Gasteiger partial charge in [-0.2, -0.15) is 0 Å². The van der Waals surface area contributed by atoms with Crippen molar-refractivity contribution >= 4 is 0 Å². The Balaban J connectivity index is 1.43. The van der Waals surface area contributed by atoms with Gasteiger partial charge in [0.2, 0.25) is 0 Å². The van der Waals surface area contributed by atoms with Crippen molar-refractivity contribution in [2.24, 2.45) is 11.8 Å². The maximum atomic E-state index is 6.14. The van der Waals surface area contributed by atoms with Crippen LogP contribution in [0.15, 0.2) is 0 Å². The molecule has 3 aliphatic rings. The Morgan fingerprint density at radius 2 is 1.79 bits per heavy atom. The maximum absolute atomic E-state index is 6.14. The molecular weight excluding hydrogens is 236 g/mol. The number of fused-ring (bicyclic) bond motifs is 1. The minimum atomic E-state index is 0.460. The van der Waals surface area contributed by atoms with E-state index in [1.807, 2.05) is 7.05 Å². The summed E-state index contributed by atoms with van der Waals surface area (Å²) in [4.78, 5) is 2.69. The van der Waals surface area contributed by atoms with Crippen molar-refractivity contribution in [3.63, 3.8) is 0 Å². The summed E-state index contributed by atoms with van der Waals surface area (Å²) in [6, 6.07) is 0. The van der Waals surface area contributed by atoms with Crippen LogP contribution in [0, 0.1) is 11.8 Å². The molecule has 1 aliphatic carbocycles. The highest BCUT2D eigenvalue weighted by Gasteiger charge is 2.33. The summed E-state index contributed by atoms with van der Waals surface area (Å²) in [5.41, 5.74) is 0. The van der Waals surface area contributed by atoms with Gasteiger partial charge < -0.3 is 15.0 Å². The lowest BCUT2D eigenvalue weighted by atomic mass is 9.75. The molecule has 19 heavy (non-hydrogen) atoms. The number of nitrogens with zero attached hydrogens (tertiary/aromatic N) is 1. The average Bonchev–Trinajstić information content (AvgIpc) is 2.86. The molecule has 0 aromatic heterocycles. The monoisotopic (exact) mass is 266 g/mol. The van der Waals surface area contributed by atoms with E-state index >= 15 is 0 Å². The van der Waals surface area contributed by atoms with Crippen LogP contribution in [0.5, 0.6) is 0 Å². The first-order valence-electron chi connectivity index (χ1n) is 8.37. The molecule has 4 unspecified atom stereocenters. The third kappa shape index (κ3) is 3.50. The largest absolute Gasteiger partial charge is 0.372 e. The molecular formula is C16H30N2O. The molecule has 3 rings (SSSR count). The van der Waals surface area contributed by atoms with Gasteiger partial charge >= 0.3 is 0 Å². The molecule has 0 amide bonds. The van der Waals surface area contributed by atoms with Crippen molar-refractivity contribution in [2.75, 3.05) is 33.2 Å². The highest BCUT2D eigenvalue weighted by molar-refractivity contribution is 4.86. The van der Waals surface area contributed by atoms with Crippen LogP contribution >= 0.6 is 0 Å². The van der Waals surface area contributed by atoms with Crippen LogP contribution in [0.25, 0.3) is 0 Å². The predicted octanol–water partition coefficient (Wildman–Crippen LogP) is 2.27. The zero-order valence-electron chi connectivity index (χ0n) is 12.4. The van der Waals surface area contributed by atoms with E-state index in [9.17, 15) is 0 Å². The summed E-state index contributed by atoms with van der Waals surface area (Å²) in [5.74, 6) is 2.04. The van der Waals surface area contributed by atoms with E-state index in [-0.39, 0.29) is 0 Å². The number of hydrogen-bond donors (Lipinski definition) is 1. The van der Waals surface area contributed by atoms with Crippen molar-refractivity contribution in [1.82, 2.24) is 10.2 Å². The molecule has 4 atom stereocenters. The fourth-order valence-electron chi connectivity index (χ4n) is 4.42. The number of rotatable bonds is 4. The molecule has 3 nitrogen and oxygen atoms in total. The molecule has 110 valence electrons. The van der Waals surface area contributed by atoms with Gasteiger partial charge in [0.1, 0.15) is 0 Å². The first-order valence-corrected chi connectivity index (χ1v) is 8.37. The normalized spacial score (nSPS) is 40.3. The van der Waals surface area contributed by atoms with Crippen molar-refractivity contribution < 1.29 is 4.74 Å². The Morgan fingerprint density at radius 1 is 1.00 bits per heavy atom. The van der Waals surface area contributed by atoms with Gasteiger partial charge in [-0.25, -0.2) is 0 Å². The van der Waals surface area contributed by atoms with Gasteiger partial charge in [0.15, 0.2) is 0 Å². The molecule has 1 N–H and O–H groups in total. The molecule has 0 radical (unpaired) electrons. The van der Waals surface area contributed by atoms with E-state index in [1.165, 1.54) is 64.6 Å². The van der Waals surface area contributed by atoms with Gasteiger partial charge in [0.05, 0.1) is 12.2 Å². The summed E-state index contributed by atoms with van der Waals surface area (Å²) in [7, 11) is 2.02. The second kappa shape index (κ2) is 6.55. The van der Waals surface area contributed by atoms with Gasteiger partial charge in [-0.3, -0.25) is 0 Å². The van der Waals surface area contributed by atoms with Gasteiger partial charge in [-0.05, 0) is 51.1 Å². The lowest BCUT2D eigenvalue weighted by Gasteiger charge is -2.42. The van der Waals surface area contributed by atoms with Gasteiger partial charge in [0, 0.05) is 19.6 Å². The quantitative estimate of drug-likeness (QED) is 0.845. The van der Waals surface area contributed by atoms with E-state index in [2.05, 4.69) is 10.2 Å². The van der Waals surface area contributed by atoms with E-state index in [0.717, 1.165) is 18.4 Å². The number of nitrogens with one attached hydrogen (secondary N) is 1. The van der Waals surface area contributed by atoms with E-state index in [1.54, 1.807) is 0 Å². The average molecular weight is 266 g/mol. The number of hydrogen-bond acceptors (Lipinski definition) is 3. The van der Waals surface area contributed by atoms with E-state index in [0.29, 0.717) is 12.2 Å². The molecule has 0 bridgehead atoms. The Labute approximate surface area is 118 Å². The summed E-state index contributed by atoms with van der Waals surface area (Å²) in [5, 5.41) is 3.23.